The van der Waals surface area contributed by atoms with Gasteiger partial charge in [0, 0.05) is 31.2 Å². The molecular weight excluding hydrogens is 379 g/mol. The third-order valence-corrected chi connectivity index (χ3v) is 5.20. The summed E-state index contributed by atoms with van der Waals surface area (Å²) in [5.41, 5.74) is 1.64. The lowest BCUT2D eigenvalue weighted by Crippen LogP contribution is -2.44. The quantitative estimate of drug-likeness (QED) is 0.729. The molecule has 1 fully saturated rings. The van der Waals surface area contributed by atoms with Crippen molar-refractivity contribution in [2.24, 2.45) is 0 Å². The zero-order valence-corrected chi connectivity index (χ0v) is 16.8. The van der Waals surface area contributed by atoms with Crippen molar-refractivity contribution in [1.29, 1.82) is 0 Å². The average Bonchev–Trinajstić information content (AvgIpc) is 2.71. The number of nitrogens with one attached hydrogen (secondary N) is 1. The van der Waals surface area contributed by atoms with E-state index in [4.69, 9.17) is 16.3 Å². The van der Waals surface area contributed by atoms with Crippen molar-refractivity contribution in [3.63, 3.8) is 0 Å². The minimum atomic E-state index is -0.517. The van der Waals surface area contributed by atoms with Crippen molar-refractivity contribution in [1.82, 2.24) is 10.2 Å². The smallest absolute Gasteiger partial charge is 0.251 e. The van der Waals surface area contributed by atoms with Crippen LogP contribution in [0.5, 0.6) is 5.75 Å². The van der Waals surface area contributed by atoms with E-state index in [2.05, 4.69) is 29.3 Å². The Morgan fingerprint density at radius 3 is 2.57 bits per heavy atom. The van der Waals surface area contributed by atoms with E-state index in [1.807, 2.05) is 12.1 Å². The van der Waals surface area contributed by atoms with Gasteiger partial charge in [0.1, 0.15) is 11.6 Å². The van der Waals surface area contributed by atoms with Crippen LogP contribution >= 0.6 is 11.6 Å². The molecule has 150 valence electrons. The summed E-state index contributed by atoms with van der Waals surface area (Å²) >= 11 is 5.76. The van der Waals surface area contributed by atoms with Crippen LogP contribution < -0.4 is 10.1 Å². The number of nitrogens with zero attached hydrogens (tertiary/aromatic N) is 1. The van der Waals surface area contributed by atoms with Crippen molar-refractivity contribution in [2.75, 3.05) is 19.7 Å². The highest BCUT2D eigenvalue weighted by Crippen LogP contribution is 2.19. The van der Waals surface area contributed by atoms with Crippen LogP contribution in [0.4, 0.5) is 4.39 Å². The van der Waals surface area contributed by atoms with E-state index < -0.39 is 5.82 Å². The second kappa shape index (κ2) is 9.89. The molecule has 0 spiro atoms. The number of ether oxygens (including phenoxy) is 1. The zero-order chi connectivity index (χ0) is 19.9. The molecular formula is C22H26ClFN2O2. The summed E-state index contributed by atoms with van der Waals surface area (Å²) in [6.45, 7) is 5.56. The molecule has 6 heteroatoms. The number of hydrogen-bond acceptors (Lipinski definition) is 3. The first kappa shape index (κ1) is 20.6. The average molecular weight is 405 g/mol. The molecule has 0 saturated carbocycles. The second-order valence-corrected chi connectivity index (χ2v) is 7.55. The van der Waals surface area contributed by atoms with E-state index in [-0.39, 0.29) is 17.0 Å². The van der Waals surface area contributed by atoms with Gasteiger partial charge in [0.2, 0.25) is 0 Å². The van der Waals surface area contributed by atoms with E-state index >= 15 is 0 Å². The van der Waals surface area contributed by atoms with Gasteiger partial charge in [-0.15, -0.1) is 0 Å². The predicted octanol–water partition coefficient (Wildman–Crippen LogP) is 4.66. The summed E-state index contributed by atoms with van der Waals surface area (Å²) in [5.74, 6) is 0.187. The first-order chi connectivity index (χ1) is 13.5. The molecule has 3 rings (SSSR count). The van der Waals surface area contributed by atoms with Crippen LogP contribution in [0.15, 0.2) is 42.5 Å². The number of benzene rings is 2. The lowest BCUT2D eigenvalue weighted by molar-refractivity contribution is 0.0909. The largest absolute Gasteiger partial charge is 0.494 e. The van der Waals surface area contributed by atoms with Gasteiger partial charge in [-0.1, -0.05) is 30.7 Å². The van der Waals surface area contributed by atoms with Gasteiger partial charge >= 0.3 is 0 Å². The Kier molecular flexibility index (Phi) is 7.29. The number of piperidine rings is 1. The maximum Gasteiger partial charge on any atom is 0.251 e. The van der Waals surface area contributed by atoms with Gasteiger partial charge in [0.15, 0.2) is 0 Å². The Morgan fingerprint density at radius 1 is 1.21 bits per heavy atom. The molecule has 2 aromatic carbocycles. The van der Waals surface area contributed by atoms with Crippen LogP contribution in [-0.2, 0) is 6.54 Å². The third kappa shape index (κ3) is 5.69. The molecule has 28 heavy (non-hydrogen) atoms. The van der Waals surface area contributed by atoms with E-state index in [0.717, 1.165) is 51.3 Å². The summed E-state index contributed by atoms with van der Waals surface area (Å²) in [6.07, 6.45) is 2.78. The summed E-state index contributed by atoms with van der Waals surface area (Å²) < 4.78 is 18.9. The first-order valence-corrected chi connectivity index (χ1v) is 10.1. The van der Waals surface area contributed by atoms with Crippen molar-refractivity contribution in [3.05, 3.63) is 64.4 Å². The minimum absolute atomic E-state index is 0.0337. The molecule has 1 aliphatic heterocycles. The van der Waals surface area contributed by atoms with Crippen LogP contribution in [-0.4, -0.2) is 36.5 Å². The first-order valence-electron chi connectivity index (χ1n) is 9.75. The number of carbonyl (C=O) groups is 1. The molecule has 4 nitrogen and oxygen atoms in total. The Hall–Kier alpha value is -2.11. The highest BCUT2D eigenvalue weighted by atomic mass is 35.5. The predicted molar refractivity (Wildman–Crippen MR) is 109 cm³/mol. The van der Waals surface area contributed by atoms with Crippen LogP contribution in [0.2, 0.25) is 5.02 Å². The molecule has 2 aromatic rings. The number of likely N-dealkylation sites (tertiary alicyclic amines) is 1. The molecule has 1 saturated heterocycles. The van der Waals surface area contributed by atoms with Crippen molar-refractivity contribution < 1.29 is 13.9 Å². The Balaban J connectivity index is 1.45. The monoisotopic (exact) mass is 404 g/mol. The molecule has 1 amide bonds. The van der Waals surface area contributed by atoms with Crippen molar-refractivity contribution in [3.8, 4) is 5.75 Å². The number of rotatable bonds is 7. The molecule has 1 N–H and O–H groups in total. The fraction of sp³-hybridized carbons (Fsp3) is 0.409. The minimum Gasteiger partial charge on any atom is -0.494 e. The highest BCUT2D eigenvalue weighted by molar-refractivity contribution is 6.31. The van der Waals surface area contributed by atoms with Gasteiger partial charge in [-0.05, 0) is 55.2 Å². The molecule has 1 heterocycles. The van der Waals surface area contributed by atoms with Gasteiger partial charge in [-0.3, -0.25) is 9.69 Å². The SMILES string of the molecule is CCCOc1ccc(CN2CCC(NC(=O)c3ccc(F)c(Cl)c3)CC2)cc1. The van der Waals surface area contributed by atoms with Gasteiger partial charge in [0.25, 0.3) is 5.91 Å². The van der Waals surface area contributed by atoms with Crippen molar-refractivity contribution >= 4 is 17.5 Å². The van der Waals surface area contributed by atoms with Gasteiger partial charge in [-0.25, -0.2) is 4.39 Å². The van der Waals surface area contributed by atoms with Crippen LogP contribution in [0.25, 0.3) is 0 Å². The summed E-state index contributed by atoms with van der Waals surface area (Å²) in [6, 6.07) is 12.4. The number of amides is 1. The normalized spacial score (nSPS) is 15.4. The fourth-order valence-corrected chi connectivity index (χ4v) is 3.49. The second-order valence-electron chi connectivity index (χ2n) is 7.15. The summed E-state index contributed by atoms with van der Waals surface area (Å²) in [7, 11) is 0. The Bertz CT molecular complexity index is 790. The number of halogens is 2. The van der Waals surface area contributed by atoms with E-state index in [1.165, 1.54) is 23.8 Å². The van der Waals surface area contributed by atoms with Crippen LogP contribution in [0.3, 0.4) is 0 Å². The van der Waals surface area contributed by atoms with E-state index in [9.17, 15) is 9.18 Å². The van der Waals surface area contributed by atoms with Crippen LogP contribution in [0.1, 0.15) is 42.1 Å². The van der Waals surface area contributed by atoms with Crippen molar-refractivity contribution in [2.45, 2.75) is 38.8 Å². The molecule has 0 bridgehead atoms. The van der Waals surface area contributed by atoms with Gasteiger partial charge in [-0.2, -0.15) is 0 Å². The topological polar surface area (TPSA) is 41.6 Å². The maximum absolute atomic E-state index is 13.2. The summed E-state index contributed by atoms with van der Waals surface area (Å²) in [5, 5.41) is 3.00. The molecule has 0 aliphatic carbocycles. The van der Waals surface area contributed by atoms with E-state index in [0.29, 0.717) is 5.56 Å². The number of hydrogen-bond donors (Lipinski definition) is 1. The summed E-state index contributed by atoms with van der Waals surface area (Å²) in [4.78, 5) is 14.7. The van der Waals surface area contributed by atoms with E-state index in [1.54, 1.807) is 0 Å². The lowest BCUT2D eigenvalue weighted by atomic mass is 10.0. The highest BCUT2D eigenvalue weighted by Gasteiger charge is 2.21. The Labute approximate surface area is 170 Å². The number of carbonyl (C=O) groups excluding carboxylic acids is 1. The molecule has 0 radical (unpaired) electrons. The third-order valence-electron chi connectivity index (χ3n) is 4.91. The molecule has 1 aliphatic rings. The van der Waals surface area contributed by atoms with Crippen LogP contribution in [0, 0.1) is 5.82 Å². The lowest BCUT2D eigenvalue weighted by Gasteiger charge is -2.32. The van der Waals surface area contributed by atoms with Gasteiger partial charge in [0.05, 0.1) is 11.6 Å². The molecule has 0 unspecified atom stereocenters. The fourth-order valence-electron chi connectivity index (χ4n) is 3.31. The molecule has 0 aromatic heterocycles. The standard InChI is InChI=1S/C22H26ClFN2O2/c1-2-13-28-19-6-3-16(4-7-19)15-26-11-9-18(10-12-26)25-22(27)17-5-8-21(24)20(23)14-17/h3-8,14,18H,2,9-13,15H2,1H3,(H,25,27). The molecule has 0 atom stereocenters. The van der Waals surface area contributed by atoms with Gasteiger partial charge < -0.3 is 10.1 Å². The Morgan fingerprint density at radius 2 is 1.93 bits per heavy atom. The maximum atomic E-state index is 13.2. The zero-order valence-electron chi connectivity index (χ0n) is 16.1.